The highest BCUT2D eigenvalue weighted by molar-refractivity contribution is 6.31. The lowest BCUT2D eigenvalue weighted by molar-refractivity contribution is -0.138. The first-order valence-corrected chi connectivity index (χ1v) is 14.0. The summed E-state index contributed by atoms with van der Waals surface area (Å²) in [5.74, 6) is 0.109. The van der Waals surface area contributed by atoms with E-state index < -0.39 is 29.5 Å². The number of nitrogens with one attached hydrogen (secondary N) is 1. The van der Waals surface area contributed by atoms with Crippen LogP contribution in [-0.4, -0.2) is 17.5 Å². The quantitative estimate of drug-likeness (QED) is 0.174. The number of carbonyl (C=O) groups is 2. The number of fused-ring (bicyclic) bond motifs is 1. The molecule has 1 atom stereocenters. The van der Waals surface area contributed by atoms with Crippen LogP contribution in [0.2, 0.25) is 5.02 Å². The molecular weight excluding hydrogens is 597 g/mol. The van der Waals surface area contributed by atoms with Gasteiger partial charge in [0.15, 0.2) is 5.76 Å². The number of ether oxygens (including phenoxy) is 2. The van der Waals surface area contributed by atoms with Gasteiger partial charge in [0.2, 0.25) is 5.71 Å². The first kappa shape index (κ1) is 29.3. The second kappa shape index (κ2) is 11.3. The maximum Gasteiger partial charge on any atom is 0.417 e. The molecule has 0 bridgehead atoms. The number of carbonyl (C=O) groups excluding carboxylic acids is 2. The molecule has 1 aliphatic carbocycles. The SMILES string of the molecule is C[C@@H](OC(=O)Nc1c(-c2ccc(-c3ccc(C4(OC=O)CC4)cc3)cc2)oc2ncc(C(F)(F)F)cc12)c1ccccc1Cl. The number of furan rings is 1. The minimum Gasteiger partial charge on any atom is -0.456 e. The van der Waals surface area contributed by atoms with E-state index in [2.05, 4.69) is 10.3 Å². The Labute approximate surface area is 254 Å². The zero-order chi connectivity index (χ0) is 31.1. The normalized spacial score (nSPS) is 14.6. The highest BCUT2D eigenvalue weighted by atomic mass is 35.5. The zero-order valence-electron chi connectivity index (χ0n) is 23.2. The largest absolute Gasteiger partial charge is 0.456 e. The number of amides is 1. The number of aromatic nitrogens is 1. The molecule has 2 heterocycles. The van der Waals surface area contributed by atoms with Crippen molar-refractivity contribution in [3.63, 3.8) is 0 Å². The van der Waals surface area contributed by atoms with Gasteiger partial charge in [-0.1, -0.05) is 78.3 Å². The molecule has 1 amide bonds. The summed E-state index contributed by atoms with van der Waals surface area (Å²) in [4.78, 5) is 27.7. The van der Waals surface area contributed by atoms with Gasteiger partial charge in [-0.15, -0.1) is 0 Å². The van der Waals surface area contributed by atoms with E-state index in [1.165, 1.54) is 0 Å². The molecule has 1 saturated carbocycles. The van der Waals surface area contributed by atoms with E-state index in [0.29, 0.717) is 28.8 Å². The summed E-state index contributed by atoms with van der Waals surface area (Å²) >= 11 is 6.23. The highest BCUT2D eigenvalue weighted by Gasteiger charge is 2.47. The molecule has 1 aliphatic rings. The third-order valence-electron chi connectivity index (χ3n) is 7.60. The number of hydrogen-bond donors (Lipinski definition) is 1. The Morgan fingerprint density at radius 1 is 1.02 bits per heavy atom. The van der Waals surface area contributed by atoms with Crippen molar-refractivity contribution < 1.29 is 36.7 Å². The Kier molecular flexibility index (Phi) is 7.54. The van der Waals surface area contributed by atoms with Crippen molar-refractivity contribution in [1.82, 2.24) is 4.98 Å². The molecule has 7 nitrogen and oxygen atoms in total. The summed E-state index contributed by atoms with van der Waals surface area (Å²) in [6.45, 7) is 2.10. The van der Waals surface area contributed by atoms with Gasteiger partial charge in [-0.3, -0.25) is 10.1 Å². The van der Waals surface area contributed by atoms with Crippen LogP contribution in [0.5, 0.6) is 0 Å². The molecule has 0 saturated heterocycles. The lowest BCUT2D eigenvalue weighted by Crippen LogP contribution is -2.16. The number of hydrogen-bond acceptors (Lipinski definition) is 6. The first-order valence-electron chi connectivity index (χ1n) is 13.6. The van der Waals surface area contributed by atoms with Gasteiger partial charge < -0.3 is 13.9 Å². The molecule has 1 N–H and O–H groups in total. The molecule has 11 heteroatoms. The summed E-state index contributed by atoms with van der Waals surface area (Å²) in [7, 11) is 0. The number of rotatable bonds is 8. The van der Waals surface area contributed by atoms with Crippen LogP contribution in [0.1, 0.15) is 42.6 Å². The number of anilines is 1. The molecule has 1 fully saturated rings. The summed E-state index contributed by atoms with van der Waals surface area (Å²) in [6, 6.07) is 22.5. The van der Waals surface area contributed by atoms with Crippen LogP contribution in [0, 0.1) is 0 Å². The van der Waals surface area contributed by atoms with Crippen LogP contribution in [0.3, 0.4) is 0 Å². The molecular formula is C33H24ClF3N2O5. The van der Waals surface area contributed by atoms with Gasteiger partial charge in [-0.05, 0) is 48.6 Å². The Morgan fingerprint density at radius 3 is 2.27 bits per heavy atom. The van der Waals surface area contributed by atoms with E-state index in [1.807, 2.05) is 36.4 Å². The van der Waals surface area contributed by atoms with E-state index in [1.54, 1.807) is 43.3 Å². The molecule has 0 aliphatic heterocycles. The summed E-state index contributed by atoms with van der Waals surface area (Å²) in [6.07, 6.45) is -4.10. The van der Waals surface area contributed by atoms with E-state index in [4.69, 9.17) is 25.5 Å². The maximum atomic E-state index is 13.6. The smallest absolute Gasteiger partial charge is 0.417 e. The molecule has 3 aromatic carbocycles. The highest BCUT2D eigenvalue weighted by Crippen LogP contribution is 2.49. The van der Waals surface area contributed by atoms with Gasteiger partial charge in [0.1, 0.15) is 17.4 Å². The van der Waals surface area contributed by atoms with E-state index in [0.717, 1.165) is 35.6 Å². The van der Waals surface area contributed by atoms with Crippen molar-refractivity contribution in [2.45, 2.75) is 37.6 Å². The second-order valence-electron chi connectivity index (χ2n) is 10.4. The molecule has 5 aromatic rings. The number of nitrogens with zero attached hydrogens (tertiary/aromatic N) is 1. The van der Waals surface area contributed by atoms with Gasteiger partial charge in [0, 0.05) is 22.3 Å². The van der Waals surface area contributed by atoms with Crippen molar-refractivity contribution in [3.05, 3.63) is 107 Å². The third-order valence-corrected chi connectivity index (χ3v) is 7.94. The number of benzene rings is 3. The van der Waals surface area contributed by atoms with Crippen LogP contribution in [-0.2, 0) is 26.0 Å². The molecule has 0 spiro atoms. The lowest BCUT2D eigenvalue weighted by atomic mass is 9.99. The molecule has 0 radical (unpaired) electrons. The van der Waals surface area contributed by atoms with Gasteiger partial charge in [0.25, 0.3) is 6.47 Å². The molecule has 2 aromatic heterocycles. The zero-order valence-corrected chi connectivity index (χ0v) is 23.9. The van der Waals surface area contributed by atoms with E-state index in [-0.39, 0.29) is 22.5 Å². The van der Waals surface area contributed by atoms with Gasteiger partial charge in [0.05, 0.1) is 10.9 Å². The average Bonchev–Trinajstić information content (AvgIpc) is 3.71. The van der Waals surface area contributed by atoms with Crippen molar-refractivity contribution >= 4 is 41.0 Å². The fourth-order valence-corrected chi connectivity index (χ4v) is 5.38. The standard InChI is InChI=1S/C33H24ClF3N2O5/c1-19(25-4-2-3-5-27(25)34)43-31(41)39-28-26-16-24(33(35,36)37)17-38-30(26)44-29(28)22-8-6-20(7-9-22)21-10-12-23(13-11-21)32(14-15-32)42-18-40/h2-13,16-19H,14-15H2,1H3,(H,39,41)/t19-/m1/s1. The van der Waals surface area contributed by atoms with Gasteiger partial charge >= 0.3 is 12.3 Å². The monoisotopic (exact) mass is 620 g/mol. The van der Waals surface area contributed by atoms with Crippen LogP contribution in [0.4, 0.5) is 23.7 Å². The Morgan fingerprint density at radius 2 is 1.66 bits per heavy atom. The number of halogens is 4. The van der Waals surface area contributed by atoms with Crippen molar-refractivity contribution in [2.24, 2.45) is 0 Å². The summed E-state index contributed by atoms with van der Waals surface area (Å²) < 4.78 is 57.3. The summed E-state index contributed by atoms with van der Waals surface area (Å²) in [5.41, 5.74) is 2.09. The minimum atomic E-state index is -4.66. The molecule has 6 rings (SSSR count). The predicted molar refractivity (Wildman–Crippen MR) is 158 cm³/mol. The van der Waals surface area contributed by atoms with Crippen LogP contribution >= 0.6 is 11.6 Å². The number of pyridine rings is 1. The fourth-order valence-electron chi connectivity index (χ4n) is 5.09. The van der Waals surface area contributed by atoms with Crippen LogP contribution in [0.25, 0.3) is 33.6 Å². The van der Waals surface area contributed by atoms with E-state index >= 15 is 0 Å². The van der Waals surface area contributed by atoms with Crippen LogP contribution in [0.15, 0.2) is 89.5 Å². The Hall–Kier alpha value is -4.83. The predicted octanol–water partition coefficient (Wildman–Crippen LogP) is 9.31. The average molecular weight is 621 g/mol. The lowest BCUT2D eigenvalue weighted by Gasteiger charge is -2.16. The minimum absolute atomic E-state index is 0.0167. The topological polar surface area (TPSA) is 90.7 Å². The second-order valence-corrected chi connectivity index (χ2v) is 10.8. The van der Waals surface area contributed by atoms with Crippen molar-refractivity contribution in [2.75, 3.05) is 5.32 Å². The fraction of sp³-hybridized carbons (Fsp3) is 0.182. The van der Waals surface area contributed by atoms with Gasteiger partial charge in [-0.2, -0.15) is 13.2 Å². The Balaban J connectivity index is 1.31. The molecule has 44 heavy (non-hydrogen) atoms. The molecule has 0 unspecified atom stereocenters. The van der Waals surface area contributed by atoms with Gasteiger partial charge in [-0.25, -0.2) is 9.78 Å². The van der Waals surface area contributed by atoms with Crippen LogP contribution < -0.4 is 5.32 Å². The maximum absolute atomic E-state index is 13.6. The van der Waals surface area contributed by atoms with Crippen molar-refractivity contribution in [3.8, 4) is 22.5 Å². The Bertz CT molecular complexity index is 1850. The van der Waals surface area contributed by atoms with E-state index in [9.17, 15) is 22.8 Å². The molecule has 224 valence electrons. The first-order chi connectivity index (χ1) is 21.1. The summed E-state index contributed by atoms with van der Waals surface area (Å²) in [5, 5.41) is 2.93. The third kappa shape index (κ3) is 5.72. The van der Waals surface area contributed by atoms with Crippen molar-refractivity contribution in [1.29, 1.82) is 0 Å². The number of alkyl halides is 3.